The van der Waals surface area contributed by atoms with Gasteiger partial charge in [0.25, 0.3) is 0 Å². The fourth-order valence-electron chi connectivity index (χ4n) is 2.53. The van der Waals surface area contributed by atoms with E-state index in [1.54, 1.807) is 6.92 Å². The third-order valence-electron chi connectivity index (χ3n) is 4.12. The number of hydrogen-bond donors (Lipinski definition) is 6. The second-order valence-corrected chi connectivity index (χ2v) is 5.53. The van der Waals surface area contributed by atoms with Crippen LogP contribution in [0.3, 0.4) is 0 Å². The Morgan fingerprint density at radius 3 is 1.90 bits per heavy atom. The van der Waals surface area contributed by atoms with Crippen LogP contribution >= 0.6 is 0 Å². The minimum Gasteiger partial charge on any atom is -0.480 e. The molecule has 0 aliphatic heterocycles. The van der Waals surface area contributed by atoms with E-state index in [0.717, 1.165) is 0 Å². The van der Waals surface area contributed by atoms with Crippen LogP contribution in [-0.2, 0) is 9.59 Å². The number of rotatable bonds is 11. The first-order valence-electron chi connectivity index (χ1n) is 7.13. The summed E-state index contributed by atoms with van der Waals surface area (Å²) in [5.74, 6) is -3.45. The van der Waals surface area contributed by atoms with Crippen LogP contribution in [0, 0.1) is 5.92 Å². The number of carboxylic acids is 2. The lowest BCUT2D eigenvalue weighted by Gasteiger charge is -2.43. The van der Waals surface area contributed by atoms with Gasteiger partial charge in [-0.1, -0.05) is 6.92 Å². The molecule has 0 saturated carbocycles. The molecule has 0 amide bonds. The molecule has 3 atom stereocenters. The summed E-state index contributed by atoms with van der Waals surface area (Å²) < 4.78 is 0. The Kier molecular flexibility index (Phi) is 7.80. The molecule has 8 nitrogen and oxygen atoms in total. The predicted octanol–water partition coefficient (Wildman–Crippen LogP) is -0.945. The standard InChI is InChI=1S/C13H28N4O4/c1-9(5-4-8-15)13(17,11(20)21)12(16,10(18)19)6-2-3-7-14/h9H,2-8,14-17H2,1H3,(H,18,19)(H,20,21). The van der Waals surface area contributed by atoms with Gasteiger partial charge in [0, 0.05) is 0 Å². The van der Waals surface area contributed by atoms with Crippen LogP contribution in [0.1, 0.15) is 39.0 Å². The van der Waals surface area contributed by atoms with Gasteiger partial charge in [0.1, 0.15) is 11.1 Å². The number of aliphatic carboxylic acids is 2. The van der Waals surface area contributed by atoms with Crippen LogP contribution in [0.15, 0.2) is 0 Å². The van der Waals surface area contributed by atoms with Crippen LogP contribution in [-0.4, -0.2) is 46.3 Å². The molecule has 0 aromatic heterocycles. The largest absolute Gasteiger partial charge is 0.480 e. The van der Waals surface area contributed by atoms with Crippen LogP contribution in [0.2, 0.25) is 0 Å². The number of unbranched alkanes of at least 4 members (excludes halogenated alkanes) is 1. The van der Waals surface area contributed by atoms with Gasteiger partial charge in [0.15, 0.2) is 0 Å². The lowest BCUT2D eigenvalue weighted by Crippen LogP contribution is -2.76. The molecule has 8 heteroatoms. The fraction of sp³-hybridized carbons (Fsp3) is 0.846. The molecular formula is C13H28N4O4. The molecule has 0 aromatic carbocycles. The molecule has 0 aliphatic carbocycles. The Morgan fingerprint density at radius 1 is 1.00 bits per heavy atom. The van der Waals surface area contributed by atoms with Gasteiger partial charge >= 0.3 is 11.9 Å². The van der Waals surface area contributed by atoms with Gasteiger partial charge in [0.05, 0.1) is 0 Å². The average molecular weight is 304 g/mol. The Labute approximate surface area is 124 Å². The van der Waals surface area contributed by atoms with E-state index in [4.69, 9.17) is 22.9 Å². The first-order chi connectivity index (χ1) is 9.68. The molecule has 0 rings (SSSR count). The molecule has 21 heavy (non-hydrogen) atoms. The molecule has 0 spiro atoms. The second-order valence-electron chi connectivity index (χ2n) is 5.53. The Bertz CT molecular complexity index is 366. The van der Waals surface area contributed by atoms with Crippen molar-refractivity contribution >= 4 is 11.9 Å². The summed E-state index contributed by atoms with van der Waals surface area (Å²) >= 11 is 0. The zero-order valence-corrected chi connectivity index (χ0v) is 12.5. The third-order valence-corrected chi connectivity index (χ3v) is 4.12. The quantitative estimate of drug-likeness (QED) is 0.264. The summed E-state index contributed by atoms with van der Waals surface area (Å²) in [5.41, 5.74) is 18.6. The molecule has 0 aromatic rings. The van der Waals surface area contributed by atoms with Gasteiger partial charge < -0.3 is 33.1 Å². The number of nitrogens with two attached hydrogens (primary N) is 4. The topological polar surface area (TPSA) is 179 Å². The van der Waals surface area contributed by atoms with E-state index < -0.39 is 28.9 Å². The van der Waals surface area contributed by atoms with Crippen LogP contribution in [0.25, 0.3) is 0 Å². The summed E-state index contributed by atoms with van der Waals surface area (Å²) in [6, 6.07) is 0. The van der Waals surface area contributed by atoms with Gasteiger partial charge in [-0.15, -0.1) is 0 Å². The molecule has 124 valence electrons. The van der Waals surface area contributed by atoms with Crippen molar-refractivity contribution in [3.05, 3.63) is 0 Å². The highest BCUT2D eigenvalue weighted by Gasteiger charge is 2.59. The zero-order valence-electron chi connectivity index (χ0n) is 12.5. The second kappa shape index (κ2) is 8.28. The number of hydrogen-bond acceptors (Lipinski definition) is 6. The molecule has 0 radical (unpaired) electrons. The highest BCUT2D eigenvalue weighted by molar-refractivity contribution is 5.93. The fourth-order valence-corrected chi connectivity index (χ4v) is 2.53. The first-order valence-corrected chi connectivity index (χ1v) is 7.13. The monoisotopic (exact) mass is 304 g/mol. The molecule has 0 heterocycles. The van der Waals surface area contributed by atoms with E-state index in [1.165, 1.54) is 0 Å². The molecule has 3 unspecified atom stereocenters. The van der Waals surface area contributed by atoms with Gasteiger partial charge in [-0.3, -0.25) is 9.59 Å². The van der Waals surface area contributed by atoms with Crippen molar-refractivity contribution < 1.29 is 19.8 Å². The summed E-state index contributed by atoms with van der Waals surface area (Å²) in [6.45, 7) is 2.35. The maximum atomic E-state index is 11.7. The predicted molar refractivity (Wildman–Crippen MR) is 79.5 cm³/mol. The van der Waals surface area contributed by atoms with Crippen LogP contribution < -0.4 is 22.9 Å². The van der Waals surface area contributed by atoms with Crippen LogP contribution in [0.5, 0.6) is 0 Å². The Hall–Kier alpha value is -1.22. The van der Waals surface area contributed by atoms with Gasteiger partial charge in [-0.05, 0) is 51.1 Å². The average Bonchev–Trinajstić information content (AvgIpc) is 2.43. The summed E-state index contributed by atoms with van der Waals surface area (Å²) in [4.78, 5) is 23.3. The maximum absolute atomic E-state index is 11.7. The van der Waals surface area contributed by atoms with E-state index in [1.807, 2.05) is 0 Å². The van der Waals surface area contributed by atoms with Crippen molar-refractivity contribution in [3.8, 4) is 0 Å². The maximum Gasteiger partial charge on any atom is 0.326 e. The zero-order chi connectivity index (χ0) is 16.7. The molecule has 10 N–H and O–H groups in total. The Balaban J connectivity index is 5.50. The summed E-state index contributed by atoms with van der Waals surface area (Å²) in [7, 11) is 0. The van der Waals surface area contributed by atoms with Crippen molar-refractivity contribution in [2.75, 3.05) is 13.1 Å². The normalized spacial score (nSPS) is 18.5. The van der Waals surface area contributed by atoms with Crippen molar-refractivity contribution in [1.29, 1.82) is 0 Å². The third kappa shape index (κ3) is 4.13. The molecular weight excluding hydrogens is 276 g/mol. The van der Waals surface area contributed by atoms with Gasteiger partial charge in [-0.2, -0.15) is 0 Å². The molecule has 0 fully saturated rings. The Morgan fingerprint density at radius 2 is 1.52 bits per heavy atom. The van der Waals surface area contributed by atoms with E-state index in [-0.39, 0.29) is 6.42 Å². The van der Waals surface area contributed by atoms with Crippen molar-refractivity contribution in [2.45, 2.75) is 50.1 Å². The van der Waals surface area contributed by atoms with Crippen molar-refractivity contribution in [2.24, 2.45) is 28.9 Å². The van der Waals surface area contributed by atoms with Gasteiger partial charge in [0.2, 0.25) is 0 Å². The first kappa shape index (κ1) is 19.8. The number of carbonyl (C=O) groups is 2. The lowest BCUT2D eigenvalue weighted by molar-refractivity contribution is -0.161. The van der Waals surface area contributed by atoms with E-state index in [9.17, 15) is 19.8 Å². The highest BCUT2D eigenvalue weighted by Crippen LogP contribution is 2.33. The molecule has 0 saturated heterocycles. The lowest BCUT2D eigenvalue weighted by atomic mass is 9.66. The van der Waals surface area contributed by atoms with Crippen molar-refractivity contribution in [1.82, 2.24) is 0 Å². The minimum atomic E-state index is -2.07. The van der Waals surface area contributed by atoms with E-state index in [2.05, 4.69) is 0 Å². The SMILES string of the molecule is CC(CCCN)C(N)(C(=O)O)C(N)(CCCCN)C(=O)O. The smallest absolute Gasteiger partial charge is 0.326 e. The van der Waals surface area contributed by atoms with Crippen molar-refractivity contribution in [3.63, 3.8) is 0 Å². The molecule has 0 bridgehead atoms. The van der Waals surface area contributed by atoms with E-state index in [0.29, 0.717) is 38.8 Å². The molecule has 0 aliphatic rings. The number of carboxylic acid groups (broad SMARTS) is 2. The summed E-state index contributed by atoms with van der Waals surface area (Å²) in [5, 5.41) is 19.0. The highest BCUT2D eigenvalue weighted by atomic mass is 16.4. The van der Waals surface area contributed by atoms with Crippen LogP contribution in [0.4, 0.5) is 0 Å². The minimum absolute atomic E-state index is 0.0463. The van der Waals surface area contributed by atoms with Gasteiger partial charge in [-0.25, -0.2) is 0 Å². The van der Waals surface area contributed by atoms with E-state index >= 15 is 0 Å². The summed E-state index contributed by atoms with van der Waals surface area (Å²) in [6.07, 6.45) is 1.85.